The Labute approximate surface area is 141 Å². The molecule has 2 N–H and O–H groups in total. The second-order valence-electron chi connectivity index (χ2n) is 9.69. The highest BCUT2D eigenvalue weighted by Gasteiger charge is 2.61. The van der Waals surface area contributed by atoms with Crippen LogP contribution >= 0.6 is 0 Å². The Morgan fingerprint density at radius 3 is 2.35 bits per heavy atom. The van der Waals surface area contributed by atoms with Gasteiger partial charge in [-0.2, -0.15) is 0 Å². The lowest BCUT2D eigenvalue weighted by Gasteiger charge is -2.62. The van der Waals surface area contributed by atoms with Gasteiger partial charge in [0, 0.05) is 0 Å². The van der Waals surface area contributed by atoms with Crippen molar-refractivity contribution in [2.75, 3.05) is 0 Å². The van der Waals surface area contributed by atoms with Gasteiger partial charge in [0.05, 0.1) is 12.2 Å². The first-order valence-electron chi connectivity index (χ1n) is 9.89. The van der Waals surface area contributed by atoms with Gasteiger partial charge in [-0.1, -0.05) is 19.9 Å². The predicted molar refractivity (Wildman–Crippen MR) is 92.8 cm³/mol. The van der Waals surface area contributed by atoms with Crippen molar-refractivity contribution in [3.63, 3.8) is 0 Å². The monoisotopic (exact) mass is 318 g/mol. The largest absolute Gasteiger partial charge is 0.393 e. The van der Waals surface area contributed by atoms with Crippen LogP contribution in [0.4, 0.5) is 0 Å². The molecule has 0 aromatic rings. The molecule has 9 atom stereocenters. The molecule has 4 rings (SSSR count). The summed E-state index contributed by atoms with van der Waals surface area (Å²) in [5, 5.41) is 21.2. The maximum Gasteiger partial charge on any atom is 0.0577 e. The van der Waals surface area contributed by atoms with E-state index in [1.54, 1.807) is 0 Å². The second-order valence-corrected chi connectivity index (χ2v) is 9.69. The molecule has 2 heteroatoms. The number of hydrogen-bond donors (Lipinski definition) is 2. The average Bonchev–Trinajstić information content (AvgIpc) is 2.85. The Morgan fingerprint density at radius 1 is 0.913 bits per heavy atom. The van der Waals surface area contributed by atoms with Crippen LogP contribution in [-0.2, 0) is 0 Å². The minimum absolute atomic E-state index is 0.137. The lowest BCUT2D eigenvalue weighted by Crippen LogP contribution is -2.58. The minimum Gasteiger partial charge on any atom is -0.393 e. The van der Waals surface area contributed by atoms with E-state index in [-0.39, 0.29) is 12.2 Å². The molecular formula is C21H34O2. The molecule has 6 unspecified atom stereocenters. The number of aliphatic hydroxyl groups is 2. The normalized spacial score (nSPS) is 58.9. The minimum atomic E-state index is -0.156. The van der Waals surface area contributed by atoms with E-state index in [4.69, 9.17) is 0 Å². The van der Waals surface area contributed by atoms with Crippen LogP contribution in [0.2, 0.25) is 0 Å². The maximum absolute atomic E-state index is 11.1. The number of hydrogen-bond acceptors (Lipinski definition) is 2. The lowest BCUT2D eigenvalue weighted by atomic mass is 9.44. The fraction of sp³-hybridized carbons (Fsp3) is 0.905. The van der Waals surface area contributed by atoms with Gasteiger partial charge < -0.3 is 10.2 Å². The Kier molecular flexibility index (Phi) is 3.74. The first-order valence-corrected chi connectivity index (χ1v) is 9.89. The van der Waals surface area contributed by atoms with E-state index in [2.05, 4.69) is 26.5 Å². The number of rotatable bonds is 1. The summed E-state index contributed by atoms with van der Waals surface area (Å²) in [7, 11) is 0. The molecule has 4 saturated carbocycles. The smallest absolute Gasteiger partial charge is 0.0577 e. The quantitative estimate of drug-likeness (QED) is 0.713. The van der Waals surface area contributed by atoms with Crippen molar-refractivity contribution in [1.82, 2.24) is 0 Å². The van der Waals surface area contributed by atoms with Gasteiger partial charge >= 0.3 is 0 Å². The summed E-state index contributed by atoms with van der Waals surface area (Å²) < 4.78 is 0. The molecule has 4 aliphatic rings. The molecule has 0 saturated heterocycles. The predicted octanol–water partition coefficient (Wildman–Crippen LogP) is 4.16. The van der Waals surface area contributed by atoms with Crippen molar-refractivity contribution in [2.24, 2.45) is 40.4 Å². The summed E-state index contributed by atoms with van der Waals surface area (Å²) in [6.07, 6.45) is 10.9. The number of fused-ring (bicyclic) bond motifs is 5. The Balaban J connectivity index is 1.67. The molecule has 2 nitrogen and oxygen atoms in total. The van der Waals surface area contributed by atoms with Crippen molar-refractivity contribution >= 4 is 0 Å². The molecule has 0 amide bonds. The zero-order valence-electron chi connectivity index (χ0n) is 14.9. The fourth-order valence-electron chi connectivity index (χ4n) is 7.63. The third kappa shape index (κ3) is 2.13. The SMILES string of the molecule is C=CC1CCC2C3C(CCC12C)C1(C)CC[C@@H](O)C[C@H]1C[C@@H]3O. The van der Waals surface area contributed by atoms with Crippen molar-refractivity contribution in [1.29, 1.82) is 0 Å². The molecule has 4 fully saturated rings. The van der Waals surface area contributed by atoms with Crippen molar-refractivity contribution in [3.8, 4) is 0 Å². The van der Waals surface area contributed by atoms with Gasteiger partial charge in [-0.25, -0.2) is 0 Å². The van der Waals surface area contributed by atoms with Crippen LogP contribution in [0.3, 0.4) is 0 Å². The van der Waals surface area contributed by atoms with E-state index in [0.29, 0.717) is 40.4 Å². The maximum atomic E-state index is 11.1. The first-order chi connectivity index (χ1) is 10.9. The standard InChI is InChI=1S/C21H34O2/c1-4-13-5-6-16-19-17(8-10-20(13,16)2)21(3)9-7-15(22)11-14(21)12-18(19)23/h4,13-19,22-23H,1,5-12H2,2-3H3/t13?,14-,15+,16?,17?,18-,19?,20?,21?/m0/s1. The summed E-state index contributed by atoms with van der Waals surface area (Å²) in [6.45, 7) is 9.05. The molecule has 0 aromatic heterocycles. The van der Waals surface area contributed by atoms with Crippen LogP contribution in [-0.4, -0.2) is 22.4 Å². The molecular weight excluding hydrogens is 284 g/mol. The topological polar surface area (TPSA) is 40.5 Å². The fourth-order valence-corrected chi connectivity index (χ4v) is 7.63. The Bertz CT molecular complexity index is 488. The summed E-state index contributed by atoms with van der Waals surface area (Å²) in [6, 6.07) is 0. The van der Waals surface area contributed by atoms with Crippen molar-refractivity contribution in [2.45, 2.75) is 77.4 Å². The van der Waals surface area contributed by atoms with E-state index in [0.717, 1.165) is 25.7 Å². The van der Waals surface area contributed by atoms with E-state index in [9.17, 15) is 10.2 Å². The summed E-state index contributed by atoms with van der Waals surface area (Å²) in [4.78, 5) is 0. The third-order valence-electron chi connectivity index (χ3n) is 9.01. The Morgan fingerprint density at radius 2 is 1.61 bits per heavy atom. The van der Waals surface area contributed by atoms with Gasteiger partial charge in [0.25, 0.3) is 0 Å². The average molecular weight is 319 g/mol. The van der Waals surface area contributed by atoms with E-state index in [1.165, 1.54) is 25.7 Å². The molecule has 0 bridgehead atoms. The molecule has 0 spiro atoms. The van der Waals surface area contributed by atoms with Crippen LogP contribution in [0.5, 0.6) is 0 Å². The van der Waals surface area contributed by atoms with E-state index >= 15 is 0 Å². The van der Waals surface area contributed by atoms with Gasteiger partial charge in [-0.05, 0) is 91.8 Å². The van der Waals surface area contributed by atoms with Gasteiger partial charge in [-0.3, -0.25) is 0 Å². The summed E-state index contributed by atoms with van der Waals surface area (Å²) >= 11 is 0. The van der Waals surface area contributed by atoms with Gasteiger partial charge in [0.1, 0.15) is 0 Å². The van der Waals surface area contributed by atoms with E-state index in [1.807, 2.05) is 0 Å². The zero-order chi connectivity index (χ0) is 16.4. The van der Waals surface area contributed by atoms with Crippen molar-refractivity contribution in [3.05, 3.63) is 12.7 Å². The number of aliphatic hydroxyl groups excluding tert-OH is 2. The highest BCUT2D eigenvalue weighted by Crippen LogP contribution is 2.67. The molecule has 0 radical (unpaired) electrons. The molecule has 0 heterocycles. The third-order valence-corrected chi connectivity index (χ3v) is 9.01. The number of allylic oxidation sites excluding steroid dienone is 1. The Hall–Kier alpha value is -0.340. The van der Waals surface area contributed by atoms with E-state index < -0.39 is 0 Å². The first kappa shape index (κ1) is 16.1. The zero-order valence-corrected chi connectivity index (χ0v) is 14.9. The highest BCUT2D eigenvalue weighted by molar-refractivity contribution is 5.13. The molecule has 0 aliphatic heterocycles. The van der Waals surface area contributed by atoms with Crippen LogP contribution in [0.1, 0.15) is 65.2 Å². The second kappa shape index (κ2) is 5.33. The van der Waals surface area contributed by atoms with Crippen LogP contribution in [0, 0.1) is 40.4 Å². The molecule has 0 aromatic carbocycles. The van der Waals surface area contributed by atoms with Gasteiger partial charge in [0.15, 0.2) is 0 Å². The van der Waals surface area contributed by atoms with Gasteiger partial charge in [0.2, 0.25) is 0 Å². The van der Waals surface area contributed by atoms with Crippen LogP contribution in [0.15, 0.2) is 12.7 Å². The lowest BCUT2D eigenvalue weighted by molar-refractivity contribution is -0.170. The van der Waals surface area contributed by atoms with Crippen LogP contribution < -0.4 is 0 Å². The molecule has 130 valence electrons. The highest BCUT2D eigenvalue weighted by atomic mass is 16.3. The van der Waals surface area contributed by atoms with Gasteiger partial charge in [-0.15, -0.1) is 6.58 Å². The van der Waals surface area contributed by atoms with Crippen LogP contribution in [0.25, 0.3) is 0 Å². The summed E-state index contributed by atoms with van der Waals surface area (Å²) in [5.41, 5.74) is 0.706. The summed E-state index contributed by atoms with van der Waals surface area (Å²) in [5.74, 6) is 2.97. The molecule has 23 heavy (non-hydrogen) atoms. The molecule has 4 aliphatic carbocycles. The van der Waals surface area contributed by atoms with Crippen molar-refractivity contribution < 1.29 is 10.2 Å².